The van der Waals surface area contributed by atoms with E-state index >= 15 is 0 Å². The minimum atomic E-state index is -3.58. The van der Waals surface area contributed by atoms with Gasteiger partial charge in [-0.3, -0.25) is 4.79 Å². The number of carbonyl (C=O) groups excluding carboxylic acids is 1. The fraction of sp³-hybridized carbons (Fsp3) is 0.611. The van der Waals surface area contributed by atoms with E-state index in [-0.39, 0.29) is 29.3 Å². The van der Waals surface area contributed by atoms with E-state index in [0.29, 0.717) is 18.7 Å². The number of sulfonamides is 1. The highest BCUT2D eigenvalue weighted by Gasteiger charge is 2.34. The zero-order chi connectivity index (χ0) is 17.9. The Morgan fingerprint density at radius 1 is 1.12 bits per heavy atom. The van der Waals surface area contributed by atoms with Crippen molar-refractivity contribution in [1.82, 2.24) is 9.62 Å². The lowest BCUT2D eigenvalue weighted by atomic mass is 9.98. The molecule has 1 heterocycles. The zero-order valence-electron chi connectivity index (χ0n) is 14.6. The van der Waals surface area contributed by atoms with Crippen molar-refractivity contribution < 1.29 is 17.9 Å². The Hall–Kier alpha value is -1.60. The van der Waals surface area contributed by atoms with Crippen LogP contribution in [0.1, 0.15) is 38.5 Å². The maximum absolute atomic E-state index is 12.9. The first-order valence-electron chi connectivity index (χ1n) is 8.95. The molecule has 1 aromatic carbocycles. The van der Waals surface area contributed by atoms with E-state index in [1.165, 1.54) is 4.31 Å². The lowest BCUT2D eigenvalue weighted by Crippen LogP contribution is -2.47. The SMILES string of the molecule is COc1ccc(S(=O)(=O)N2CCC[C@@H](C(=O)NC3CCCC3)C2)cc1. The summed E-state index contributed by atoms with van der Waals surface area (Å²) in [5.41, 5.74) is 0. The molecule has 1 aliphatic carbocycles. The number of carbonyl (C=O) groups is 1. The number of rotatable bonds is 5. The van der Waals surface area contributed by atoms with Gasteiger partial charge in [0.15, 0.2) is 0 Å². The number of amides is 1. The molecule has 2 fully saturated rings. The number of benzene rings is 1. The normalized spacial score (nSPS) is 22.7. The highest BCUT2D eigenvalue weighted by atomic mass is 32.2. The number of methoxy groups -OCH3 is 1. The predicted octanol–water partition coefficient (Wildman–Crippen LogP) is 2.15. The van der Waals surface area contributed by atoms with Gasteiger partial charge in [-0.25, -0.2) is 8.42 Å². The van der Waals surface area contributed by atoms with E-state index in [4.69, 9.17) is 4.74 Å². The molecule has 0 aromatic heterocycles. The van der Waals surface area contributed by atoms with Gasteiger partial charge in [-0.2, -0.15) is 4.31 Å². The van der Waals surface area contributed by atoms with Crippen molar-refractivity contribution in [2.24, 2.45) is 5.92 Å². The summed E-state index contributed by atoms with van der Waals surface area (Å²) in [4.78, 5) is 12.7. The number of hydrogen-bond acceptors (Lipinski definition) is 4. The molecule has 1 amide bonds. The van der Waals surface area contributed by atoms with Gasteiger partial charge in [0.05, 0.1) is 17.9 Å². The van der Waals surface area contributed by atoms with Crippen molar-refractivity contribution in [3.05, 3.63) is 24.3 Å². The van der Waals surface area contributed by atoms with Crippen molar-refractivity contribution >= 4 is 15.9 Å². The van der Waals surface area contributed by atoms with E-state index in [2.05, 4.69) is 5.32 Å². The van der Waals surface area contributed by atoms with Crippen LogP contribution in [0.25, 0.3) is 0 Å². The van der Waals surface area contributed by atoms with Crippen LogP contribution in [-0.2, 0) is 14.8 Å². The maximum Gasteiger partial charge on any atom is 0.243 e. The van der Waals surface area contributed by atoms with Crippen LogP contribution in [0.3, 0.4) is 0 Å². The third kappa shape index (κ3) is 4.15. The second-order valence-corrected chi connectivity index (χ2v) is 8.81. The highest BCUT2D eigenvalue weighted by Crippen LogP contribution is 2.26. The van der Waals surface area contributed by atoms with Crippen LogP contribution in [0.2, 0.25) is 0 Å². The third-order valence-corrected chi connectivity index (χ3v) is 7.03. The molecular formula is C18H26N2O4S. The fourth-order valence-electron chi connectivity index (χ4n) is 3.66. The van der Waals surface area contributed by atoms with Crippen LogP contribution in [0, 0.1) is 5.92 Å². The maximum atomic E-state index is 12.9. The summed E-state index contributed by atoms with van der Waals surface area (Å²) in [6, 6.07) is 6.65. The van der Waals surface area contributed by atoms with Gasteiger partial charge in [0.2, 0.25) is 15.9 Å². The largest absolute Gasteiger partial charge is 0.497 e. The second kappa shape index (κ2) is 7.74. The third-order valence-electron chi connectivity index (χ3n) is 5.15. The molecule has 0 spiro atoms. The van der Waals surface area contributed by atoms with Crippen LogP contribution in [0.15, 0.2) is 29.2 Å². The smallest absolute Gasteiger partial charge is 0.243 e. The van der Waals surface area contributed by atoms with Gasteiger partial charge in [0, 0.05) is 19.1 Å². The Morgan fingerprint density at radius 2 is 1.80 bits per heavy atom. The molecule has 25 heavy (non-hydrogen) atoms. The molecule has 0 unspecified atom stereocenters. The summed E-state index contributed by atoms with van der Waals surface area (Å²) < 4.78 is 32.2. The molecule has 0 radical (unpaired) electrons. The van der Waals surface area contributed by atoms with Crippen LogP contribution in [0.5, 0.6) is 5.75 Å². The highest BCUT2D eigenvalue weighted by molar-refractivity contribution is 7.89. The van der Waals surface area contributed by atoms with Crippen molar-refractivity contribution in [2.45, 2.75) is 49.5 Å². The zero-order valence-corrected chi connectivity index (χ0v) is 15.4. The number of nitrogens with zero attached hydrogens (tertiary/aromatic N) is 1. The molecule has 138 valence electrons. The van der Waals surface area contributed by atoms with Crippen LogP contribution < -0.4 is 10.1 Å². The van der Waals surface area contributed by atoms with Gasteiger partial charge in [-0.05, 0) is 49.9 Å². The average Bonchev–Trinajstić information content (AvgIpc) is 3.15. The molecule has 1 N–H and O–H groups in total. The Kier molecular flexibility index (Phi) is 5.64. The topological polar surface area (TPSA) is 75.7 Å². The Morgan fingerprint density at radius 3 is 2.44 bits per heavy atom. The molecule has 3 rings (SSSR count). The van der Waals surface area contributed by atoms with Gasteiger partial charge in [-0.1, -0.05) is 12.8 Å². The van der Waals surface area contributed by atoms with Gasteiger partial charge in [0.25, 0.3) is 0 Å². The summed E-state index contributed by atoms with van der Waals surface area (Å²) in [7, 11) is -2.04. The molecule has 1 saturated carbocycles. The average molecular weight is 366 g/mol. The fourth-order valence-corrected chi connectivity index (χ4v) is 5.18. The van der Waals surface area contributed by atoms with Gasteiger partial charge in [-0.15, -0.1) is 0 Å². The van der Waals surface area contributed by atoms with Crippen molar-refractivity contribution in [3.8, 4) is 5.75 Å². The molecule has 1 aromatic rings. The number of ether oxygens (including phenoxy) is 1. The molecule has 2 aliphatic rings. The second-order valence-electron chi connectivity index (χ2n) is 6.87. The molecule has 7 heteroatoms. The lowest BCUT2D eigenvalue weighted by molar-refractivity contribution is -0.126. The quantitative estimate of drug-likeness (QED) is 0.866. The first kappa shape index (κ1) is 18.2. The molecule has 0 bridgehead atoms. The van der Waals surface area contributed by atoms with Crippen molar-refractivity contribution in [2.75, 3.05) is 20.2 Å². The van der Waals surface area contributed by atoms with Gasteiger partial charge in [0.1, 0.15) is 5.75 Å². The van der Waals surface area contributed by atoms with Gasteiger partial charge < -0.3 is 10.1 Å². The number of hydrogen-bond donors (Lipinski definition) is 1. The summed E-state index contributed by atoms with van der Waals surface area (Å²) >= 11 is 0. The van der Waals surface area contributed by atoms with Crippen molar-refractivity contribution in [1.29, 1.82) is 0 Å². The van der Waals surface area contributed by atoms with Gasteiger partial charge >= 0.3 is 0 Å². The summed E-state index contributed by atoms with van der Waals surface area (Å²) in [5.74, 6) is 0.357. The number of piperidine rings is 1. The minimum absolute atomic E-state index is 0.00142. The molecule has 1 atom stereocenters. The summed E-state index contributed by atoms with van der Waals surface area (Å²) in [5, 5.41) is 3.10. The lowest BCUT2D eigenvalue weighted by Gasteiger charge is -2.31. The van der Waals surface area contributed by atoms with Crippen LogP contribution in [0.4, 0.5) is 0 Å². The minimum Gasteiger partial charge on any atom is -0.497 e. The number of nitrogens with one attached hydrogen (secondary N) is 1. The first-order valence-corrected chi connectivity index (χ1v) is 10.4. The van der Waals surface area contributed by atoms with Crippen molar-refractivity contribution in [3.63, 3.8) is 0 Å². The predicted molar refractivity (Wildman–Crippen MR) is 94.9 cm³/mol. The van der Waals surface area contributed by atoms with E-state index in [1.54, 1.807) is 31.4 Å². The van der Waals surface area contributed by atoms with E-state index in [9.17, 15) is 13.2 Å². The Bertz CT molecular complexity index is 696. The molecular weight excluding hydrogens is 340 g/mol. The first-order chi connectivity index (χ1) is 12.0. The van der Waals surface area contributed by atoms with Crippen LogP contribution >= 0.6 is 0 Å². The summed E-state index contributed by atoms with van der Waals surface area (Å²) in [6.07, 6.45) is 5.84. The van der Waals surface area contributed by atoms with Crippen LogP contribution in [-0.4, -0.2) is 44.9 Å². The van der Waals surface area contributed by atoms with E-state index in [1.807, 2.05) is 0 Å². The Balaban J connectivity index is 1.67. The standard InChI is InChI=1S/C18H26N2O4S/c1-24-16-8-10-17(11-9-16)25(22,23)20-12-4-5-14(13-20)18(21)19-15-6-2-3-7-15/h8-11,14-15H,2-7,12-13H2,1H3,(H,19,21)/t14-/m1/s1. The van der Waals surface area contributed by atoms with E-state index in [0.717, 1.165) is 32.1 Å². The summed E-state index contributed by atoms with van der Waals surface area (Å²) in [6.45, 7) is 0.717. The molecule has 6 nitrogen and oxygen atoms in total. The van der Waals surface area contributed by atoms with E-state index < -0.39 is 10.0 Å². The monoisotopic (exact) mass is 366 g/mol. The Labute approximate surface area is 149 Å². The molecule has 1 aliphatic heterocycles. The molecule has 1 saturated heterocycles.